The molecular weight excluding hydrogens is 468 g/mol. The van der Waals surface area contributed by atoms with E-state index in [1.54, 1.807) is 18.2 Å². The number of hydrogen-bond acceptors (Lipinski definition) is 4. The topological polar surface area (TPSA) is 81.4 Å². The van der Waals surface area contributed by atoms with Crippen molar-refractivity contribution >= 4 is 46.5 Å². The zero-order valence-corrected chi connectivity index (χ0v) is 17.6. The molecule has 0 unspecified atom stereocenters. The van der Waals surface area contributed by atoms with Gasteiger partial charge < -0.3 is 15.8 Å². The standard InChI is InChI=1S/C22H15Cl2F3N2O3/c23-13-6-8-15(18(28)10-13)21(31)32-19(12-4-2-1-3-5-12)20(30)29-14-7-9-17(24)16(11-14)22(25,26)27/h1-11,19H,28H2,(H,29,30)/t19-/m0/s1. The highest BCUT2D eigenvalue weighted by Crippen LogP contribution is 2.36. The fraction of sp³-hybridized carbons (Fsp3) is 0.0909. The minimum absolute atomic E-state index is 0.0195. The Labute approximate surface area is 190 Å². The van der Waals surface area contributed by atoms with Crippen LogP contribution in [0.1, 0.15) is 27.6 Å². The molecule has 3 rings (SSSR count). The van der Waals surface area contributed by atoms with Gasteiger partial charge in [0.1, 0.15) is 0 Å². The summed E-state index contributed by atoms with van der Waals surface area (Å²) in [6.07, 6.45) is -6.18. The lowest BCUT2D eigenvalue weighted by molar-refractivity contribution is -0.137. The van der Waals surface area contributed by atoms with Crippen LogP contribution in [0.15, 0.2) is 66.7 Å². The van der Waals surface area contributed by atoms with Crippen LogP contribution in [-0.4, -0.2) is 11.9 Å². The van der Waals surface area contributed by atoms with Gasteiger partial charge in [0.25, 0.3) is 5.91 Å². The van der Waals surface area contributed by atoms with E-state index < -0.39 is 34.7 Å². The van der Waals surface area contributed by atoms with Gasteiger partial charge in [0, 0.05) is 22.0 Å². The quantitative estimate of drug-likeness (QED) is 0.338. The molecule has 3 aromatic carbocycles. The van der Waals surface area contributed by atoms with Gasteiger partial charge in [-0.25, -0.2) is 4.79 Å². The van der Waals surface area contributed by atoms with Crippen molar-refractivity contribution in [2.24, 2.45) is 0 Å². The zero-order valence-electron chi connectivity index (χ0n) is 16.1. The second kappa shape index (κ2) is 9.50. The monoisotopic (exact) mass is 482 g/mol. The van der Waals surface area contributed by atoms with E-state index in [0.717, 1.165) is 6.07 Å². The van der Waals surface area contributed by atoms with Crippen molar-refractivity contribution in [1.82, 2.24) is 0 Å². The number of hydrogen-bond donors (Lipinski definition) is 2. The lowest BCUT2D eigenvalue weighted by atomic mass is 10.1. The molecule has 1 atom stereocenters. The average Bonchev–Trinajstić information content (AvgIpc) is 2.73. The van der Waals surface area contributed by atoms with E-state index in [4.69, 9.17) is 33.7 Å². The van der Waals surface area contributed by atoms with Crippen LogP contribution in [0.25, 0.3) is 0 Å². The van der Waals surface area contributed by atoms with Gasteiger partial charge in [-0.15, -0.1) is 0 Å². The van der Waals surface area contributed by atoms with Gasteiger partial charge in [-0.3, -0.25) is 4.79 Å². The molecule has 0 aliphatic heterocycles. The molecule has 0 aromatic heterocycles. The molecule has 0 saturated heterocycles. The molecule has 32 heavy (non-hydrogen) atoms. The molecule has 0 aliphatic carbocycles. The van der Waals surface area contributed by atoms with Gasteiger partial charge in [0.2, 0.25) is 6.10 Å². The highest BCUT2D eigenvalue weighted by Gasteiger charge is 2.34. The van der Waals surface area contributed by atoms with Crippen LogP contribution >= 0.6 is 23.2 Å². The summed E-state index contributed by atoms with van der Waals surface area (Å²) in [4.78, 5) is 25.6. The SMILES string of the molecule is Nc1cc(Cl)ccc1C(=O)O[C@H](C(=O)Nc1ccc(Cl)c(C(F)(F)F)c1)c1ccccc1. The van der Waals surface area contributed by atoms with E-state index in [2.05, 4.69) is 5.32 Å². The number of benzene rings is 3. The van der Waals surface area contributed by atoms with Crippen molar-refractivity contribution in [1.29, 1.82) is 0 Å². The molecule has 3 N–H and O–H groups in total. The fourth-order valence-corrected chi connectivity index (χ4v) is 3.22. The predicted molar refractivity (Wildman–Crippen MR) is 116 cm³/mol. The van der Waals surface area contributed by atoms with E-state index in [9.17, 15) is 22.8 Å². The Kier molecular flexibility index (Phi) is 6.96. The van der Waals surface area contributed by atoms with Crippen LogP contribution in [0.4, 0.5) is 24.5 Å². The molecule has 0 saturated carbocycles. The predicted octanol–water partition coefficient (Wildman–Crippen LogP) is 6.13. The number of nitrogens with one attached hydrogen (secondary N) is 1. The van der Waals surface area contributed by atoms with Crippen LogP contribution in [0.3, 0.4) is 0 Å². The molecule has 0 fully saturated rings. The van der Waals surface area contributed by atoms with Gasteiger partial charge in [-0.05, 0) is 36.4 Å². The second-order valence-electron chi connectivity index (χ2n) is 6.61. The van der Waals surface area contributed by atoms with Crippen molar-refractivity contribution < 1.29 is 27.5 Å². The number of nitrogens with two attached hydrogens (primary N) is 1. The van der Waals surface area contributed by atoms with Gasteiger partial charge in [0.05, 0.1) is 16.1 Å². The number of halogens is 5. The van der Waals surface area contributed by atoms with Crippen LogP contribution < -0.4 is 11.1 Å². The molecule has 0 aliphatic rings. The fourth-order valence-electron chi connectivity index (χ4n) is 2.82. The van der Waals surface area contributed by atoms with Crippen LogP contribution in [0, 0.1) is 0 Å². The number of esters is 1. The average molecular weight is 483 g/mol. The summed E-state index contributed by atoms with van der Waals surface area (Å²) in [6.45, 7) is 0. The number of carbonyl (C=O) groups excluding carboxylic acids is 2. The smallest absolute Gasteiger partial charge is 0.417 e. The molecule has 10 heteroatoms. The van der Waals surface area contributed by atoms with Crippen molar-refractivity contribution in [2.45, 2.75) is 12.3 Å². The van der Waals surface area contributed by atoms with Gasteiger partial charge >= 0.3 is 12.1 Å². The Morgan fingerprint density at radius 2 is 1.66 bits per heavy atom. The normalized spacial score (nSPS) is 12.2. The third kappa shape index (κ3) is 5.52. The number of amides is 1. The summed E-state index contributed by atoms with van der Waals surface area (Å²) in [5.74, 6) is -1.78. The number of ether oxygens (including phenoxy) is 1. The number of anilines is 2. The van der Waals surface area contributed by atoms with Gasteiger partial charge in [-0.2, -0.15) is 13.2 Å². The number of alkyl halides is 3. The highest BCUT2D eigenvalue weighted by molar-refractivity contribution is 6.31. The summed E-state index contributed by atoms with van der Waals surface area (Å²) in [7, 11) is 0. The Morgan fingerprint density at radius 3 is 2.28 bits per heavy atom. The first kappa shape index (κ1) is 23.4. The molecular formula is C22H15Cl2F3N2O3. The van der Waals surface area contributed by atoms with Crippen LogP contribution in [-0.2, 0) is 15.7 Å². The van der Waals surface area contributed by atoms with E-state index in [1.165, 1.54) is 36.4 Å². The first-order chi connectivity index (χ1) is 15.1. The summed E-state index contributed by atoms with van der Waals surface area (Å²) in [6, 6.07) is 15.0. The van der Waals surface area contributed by atoms with Crippen molar-refractivity contribution in [2.75, 3.05) is 11.1 Å². The van der Waals surface area contributed by atoms with Crippen molar-refractivity contribution in [3.05, 3.63) is 93.5 Å². The third-order valence-electron chi connectivity index (χ3n) is 4.34. The summed E-state index contributed by atoms with van der Waals surface area (Å²) < 4.78 is 44.8. The summed E-state index contributed by atoms with van der Waals surface area (Å²) >= 11 is 11.4. The lowest BCUT2D eigenvalue weighted by Gasteiger charge is -2.19. The summed E-state index contributed by atoms with van der Waals surface area (Å²) in [5, 5.41) is 2.12. The number of carbonyl (C=O) groups is 2. The minimum Gasteiger partial charge on any atom is -0.444 e. The van der Waals surface area contributed by atoms with Crippen molar-refractivity contribution in [3.63, 3.8) is 0 Å². The zero-order chi connectivity index (χ0) is 23.5. The Hall–Kier alpha value is -3.23. The first-order valence-electron chi connectivity index (χ1n) is 9.05. The van der Waals surface area contributed by atoms with Crippen molar-refractivity contribution in [3.8, 4) is 0 Å². The Morgan fingerprint density at radius 1 is 0.969 bits per heavy atom. The number of nitrogen functional groups attached to an aromatic ring is 1. The maximum atomic E-state index is 13.1. The van der Waals surface area contributed by atoms with Gasteiger partial charge in [-0.1, -0.05) is 53.5 Å². The number of rotatable bonds is 5. The molecule has 0 heterocycles. The molecule has 3 aromatic rings. The second-order valence-corrected chi connectivity index (χ2v) is 7.45. The molecule has 0 spiro atoms. The lowest BCUT2D eigenvalue weighted by Crippen LogP contribution is -2.26. The summed E-state index contributed by atoms with van der Waals surface area (Å²) in [5.41, 5.74) is 4.85. The van der Waals surface area contributed by atoms with E-state index >= 15 is 0 Å². The molecule has 0 bridgehead atoms. The maximum absolute atomic E-state index is 13.1. The maximum Gasteiger partial charge on any atom is 0.417 e. The largest absolute Gasteiger partial charge is 0.444 e. The van der Waals surface area contributed by atoms with Gasteiger partial charge in [0.15, 0.2) is 0 Å². The van der Waals surface area contributed by atoms with Crippen LogP contribution in [0.2, 0.25) is 10.0 Å². The molecule has 1 amide bonds. The Balaban J connectivity index is 1.90. The third-order valence-corrected chi connectivity index (χ3v) is 4.90. The molecule has 166 valence electrons. The highest BCUT2D eigenvalue weighted by atomic mass is 35.5. The molecule has 0 radical (unpaired) electrons. The minimum atomic E-state index is -4.71. The molecule has 5 nitrogen and oxygen atoms in total. The van der Waals surface area contributed by atoms with E-state index in [1.807, 2.05) is 0 Å². The first-order valence-corrected chi connectivity index (χ1v) is 9.80. The Bertz CT molecular complexity index is 1150. The van der Waals surface area contributed by atoms with E-state index in [-0.39, 0.29) is 16.9 Å². The van der Waals surface area contributed by atoms with Crippen LogP contribution in [0.5, 0.6) is 0 Å². The van der Waals surface area contributed by atoms with E-state index in [0.29, 0.717) is 16.7 Å².